The first kappa shape index (κ1) is 11.0. The molecule has 1 N–H and O–H groups in total. The molecule has 1 aliphatic heterocycles. The van der Waals surface area contributed by atoms with Crippen LogP contribution >= 0.6 is 11.3 Å². The standard InChI is InChI=1S/C11H18N2OS/c1-9-10(15-8-12-9)6-13-11(2)4-3-5-14-7-11/h8,13H,3-7H2,1-2H3. The average Bonchev–Trinajstić information content (AvgIpc) is 2.62. The van der Waals surface area contributed by atoms with Crippen LogP contribution in [-0.4, -0.2) is 23.7 Å². The van der Waals surface area contributed by atoms with Crippen LogP contribution in [-0.2, 0) is 11.3 Å². The molecule has 0 radical (unpaired) electrons. The Balaban J connectivity index is 1.89. The van der Waals surface area contributed by atoms with Gasteiger partial charge in [-0.1, -0.05) is 0 Å². The monoisotopic (exact) mass is 226 g/mol. The van der Waals surface area contributed by atoms with E-state index in [1.54, 1.807) is 11.3 Å². The Labute approximate surface area is 94.9 Å². The minimum atomic E-state index is 0.147. The molecule has 1 aliphatic rings. The lowest BCUT2D eigenvalue weighted by Gasteiger charge is -2.34. The molecule has 4 heteroatoms. The maximum Gasteiger partial charge on any atom is 0.0798 e. The van der Waals surface area contributed by atoms with Gasteiger partial charge >= 0.3 is 0 Å². The fourth-order valence-electron chi connectivity index (χ4n) is 1.86. The Hall–Kier alpha value is -0.450. The first-order chi connectivity index (χ1) is 7.20. The van der Waals surface area contributed by atoms with Crippen LogP contribution in [0.2, 0.25) is 0 Å². The van der Waals surface area contributed by atoms with Gasteiger partial charge in [-0.2, -0.15) is 0 Å². The van der Waals surface area contributed by atoms with Crippen molar-refractivity contribution in [3.8, 4) is 0 Å². The number of nitrogens with zero attached hydrogens (tertiary/aromatic N) is 1. The van der Waals surface area contributed by atoms with Gasteiger partial charge in [0.1, 0.15) is 0 Å². The lowest BCUT2D eigenvalue weighted by atomic mass is 9.95. The lowest BCUT2D eigenvalue weighted by molar-refractivity contribution is 0.0279. The topological polar surface area (TPSA) is 34.2 Å². The van der Waals surface area contributed by atoms with E-state index in [4.69, 9.17) is 4.74 Å². The van der Waals surface area contributed by atoms with E-state index >= 15 is 0 Å². The van der Waals surface area contributed by atoms with Crippen LogP contribution < -0.4 is 5.32 Å². The number of rotatable bonds is 3. The summed E-state index contributed by atoms with van der Waals surface area (Å²) in [6, 6.07) is 0. The lowest BCUT2D eigenvalue weighted by Crippen LogP contribution is -2.48. The van der Waals surface area contributed by atoms with Crippen molar-refractivity contribution >= 4 is 11.3 Å². The summed E-state index contributed by atoms with van der Waals surface area (Å²) in [6.07, 6.45) is 2.36. The number of ether oxygens (including phenoxy) is 1. The molecule has 0 spiro atoms. The first-order valence-corrected chi connectivity index (χ1v) is 6.29. The van der Waals surface area contributed by atoms with Crippen molar-refractivity contribution in [2.75, 3.05) is 13.2 Å². The van der Waals surface area contributed by atoms with Crippen molar-refractivity contribution in [1.29, 1.82) is 0 Å². The van der Waals surface area contributed by atoms with E-state index in [1.165, 1.54) is 11.3 Å². The molecule has 0 bridgehead atoms. The van der Waals surface area contributed by atoms with Crippen LogP contribution in [0.1, 0.15) is 30.3 Å². The first-order valence-electron chi connectivity index (χ1n) is 5.41. The highest BCUT2D eigenvalue weighted by atomic mass is 32.1. The van der Waals surface area contributed by atoms with Crippen molar-refractivity contribution in [3.63, 3.8) is 0 Å². The third-order valence-corrected chi connectivity index (χ3v) is 3.89. The van der Waals surface area contributed by atoms with E-state index in [9.17, 15) is 0 Å². The van der Waals surface area contributed by atoms with Crippen LogP contribution in [0.4, 0.5) is 0 Å². The van der Waals surface area contributed by atoms with Gasteiger partial charge in [-0.25, -0.2) is 4.98 Å². The zero-order valence-electron chi connectivity index (χ0n) is 9.38. The molecule has 0 saturated carbocycles. The molecule has 0 aliphatic carbocycles. The molecule has 1 aromatic rings. The van der Waals surface area contributed by atoms with E-state index in [1.807, 2.05) is 5.51 Å². The Morgan fingerprint density at radius 2 is 2.53 bits per heavy atom. The number of aryl methyl sites for hydroxylation is 1. The molecule has 1 saturated heterocycles. The molecule has 15 heavy (non-hydrogen) atoms. The zero-order chi connectivity index (χ0) is 10.7. The Morgan fingerprint density at radius 3 is 3.13 bits per heavy atom. The minimum Gasteiger partial charge on any atom is -0.380 e. The van der Waals surface area contributed by atoms with Gasteiger partial charge < -0.3 is 10.1 Å². The molecule has 0 aromatic carbocycles. The van der Waals surface area contributed by atoms with Crippen molar-refractivity contribution < 1.29 is 4.74 Å². The molecule has 3 nitrogen and oxygen atoms in total. The molecular weight excluding hydrogens is 208 g/mol. The predicted octanol–water partition coefficient (Wildman–Crippen LogP) is 2.11. The molecule has 2 heterocycles. The SMILES string of the molecule is Cc1ncsc1CNC1(C)CCCOC1. The van der Waals surface area contributed by atoms with Gasteiger partial charge in [-0.05, 0) is 26.7 Å². The van der Waals surface area contributed by atoms with E-state index in [2.05, 4.69) is 24.1 Å². The quantitative estimate of drug-likeness (QED) is 0.857. The summed E-state index contributed by atoms with van der Waals surface area (Å²) in [6.45, 7) is 6.95. The second-order valence-electron chi connectivity index (χ2n) is 4.43. The smallest absolute Gasteiger partial charge is 0.0798 e. The molecule has 84 valence electrons. The van der Waals surface area contributed by atoms with E-state index in [0.717, 1.165) is 31.9 Å². The van der Waals surface area contributed by atoms with Crippen LogP contribution in [0.15, 0.2) is 5.51 Å². The van der Waals surface area contributed by atoms with Crippen molar-refractivity contribution in [2.24, 2.45) is 0 Å². The highest BCUT2D eigenvalue weighted by molar-refractivity contribution is 7.09. The fourth-order valence-corrected chi connectivity index (χ4v) is 2.58. The maximum absolute atomic E-state index is 5.51. The van der Waals surface area contributed by atoms with Gasteiger partial charge in [0.25, 0.3) is 0 Å². The molecule has 1 atom stereocenters. The summed E-state index contributed by atoms with van der Waals surface area (Å²) in [5.41, 5.74) is 3.20. The Bertz CT molecular complexity index is 318. The zero-order valence-corrected chi connectivity index (χ0v) is 10.2. The Kier molecular flexibility index (Phi) is 3.38. The number of hydrogen-bond donors (Lipinski definition) is 1. The van der Waals surface area contributed by atoms with E-state index in [-0.39, 0.29) is 5.54 Å². The van der Waals surface area contributed by atoms with Crippen LogP contribution in [0.3, 0.4) is 0 Å². The highest BCUT2D eigenvalue weighted by Crippen LogP contribution is 2.20. The number of hydrogen-bond acceptors (Lipinski definition) is 4. The largest absolute Gasteiger partial charge is 0.380 e. The molecule has 1 fully saturated rings. The normalized spacial score (nSPS) is 26.8. The summed E-state index contributed by atoms with van der Waals surface area (Å²) in [5.74, 6) is 0. The third kappa shape index (κ3) is 2.77. The second kappa shape index (κ2) is 4.60. The third-order valence-electron chi connectivity index (χ3n) is 2.96. The summed E-state index contributed by atoms with van der Waals surface area (Å²) in [4.78, 5) is 5.59. The van der Waals surface area contributed by atoms with Crippen molar-refractivity contribution in [1.82, 2.24) is 10.3 Å². The van der Waals surface area contributed by atoms with Gasteiger partial charge in [0, 0.05) is 23.6 Å². The van der Waals surface area contributed by atoms with E-state index in [0.29, 0.717) is 0 Å². The summed E-state index contributed by atoms with van der Waals surface area (Å²) in [5, 5.41) is 3.59. The molecule has 1 aromatic heterocycles. The van der Waals surface area contributed by atoms with Gasteiger partial charge in [0.15, 0.2) is 0 Å². The van der Waals surface area contributed by atoms with Crippen LogP contribution in [0.25, 0.3) is 0 Å². The fraction of sp³-hybridized carbons (Fsp3) is 0.727. The summed E-state index contributed by atoms with van der Waals surface area (Å²) >= 11 is 1.72. The predicted molar refractivity (Wildman–Crippen MR) is 62.1 cm³/mol. The average molecular weight is 226 g/mol. The van der Waals surface area contributed by atoms with Crippen molar-refractivity contribution in [3.05, 3.63) is 16.1 Å². The molecule has 0 amide bonds. The van der Waals surface area contributed by atoms with Gasteiger partial charge in [-0.3, -0.25) is 0 Å². The second-order valence-corrected chi connectivity index (χ2v) is 5.37. The molecular formula is C11H18N2OS. The number of aromatic nitrogens is 1. The van der Waals surface area contributed by atoms with Gasteiger partial charge in [-0.15, -0.1) is 11.3 Å². The summed E-state index contributed by atoms with van der Waals surface area (Å²) in [7, 11) is 0. The molecule has 2 rings (SSSR count). The van der Waals surface area contributed by atoms with Gasteiger partial charge in [0.2, 0.25) is 0 Å². The highest BCUT2D eigenvalue weighted by Gasteiger charge is 2.26. The number of thiazole rings is 1. The minimum absolute atomic E-state index is 0.147. The maximum atomic E-state index is 5.51. The Morgan fingerprint density at radius 1 is 1.67 bits per heavy atom. The van der Waals surface area contributed by atoms with Gasteiger partial charge in [0.05, 0.1) is 17.8 Å². The van der Waals surface area contributed by atoms with Crippen molar-refractivity contribution in [2.45, 2.75) is 38.8 Å². The van der Waals surface area contributed by atoms with Crippen LogP contribution in [0.5, 0.6) is 0 Å². The van der Waals surface area contributed by atoms with Crippen LogP contribution in [0, 0.1) is 6.92 Å². The molecule has 1 unspecified atom stereocenters. The van der Waals surface area contributed by atoms with E-state index < -0.39 is 0 Å². The number of nitrogens with one attached hydrogen (secondary N) is 1. The summed E-state index contributed by atoms with van der Waals surface area (Å²) < 4.78 is 5.51.